The lowest BCUT2D eigenvalue weighted by atomic mass is 10.1. The second-order valence-electron chi connectivity index (χ2n) is 11.2. The van der Waals surface area contributed by atoms with Crippen LogP contribution < -0.4 is 0 Å². The van der Waals surface area contributed by atoms with Crippen LogP contribution in [0.15, 0.2) is 97.1 Å². The summed E-state index contributed by atoms with van der Waals surface area (Å²) in [6.45, 7) is 0. The zero-order chi connectivity index (χ0) is 31.5. The second kappa shape index (κ2) is 9.78. The molecule has 4 heterocycles. The highest BCUT2D eigenvalue weighted by atomic mass is 32.1. The molecule has 10 heteroatoms. The molecule has 0 saturated heterocycles. The van der Waals surface area contributed by atoms with Gasteiger partial charge in [-0.05, 0) is 94.7 Å². The van der Waals surface area contributed by atoms with Gasteiger partial charge >= 0.3 is 12.4 Å². The molecule has 0 N–H and O–H groups in total. The second-order valence-corrected chi connectivity index (χ2v) is 15.5. The molecule has 0 aliphatic heterocycles. The first kappa shape index (κ1) is 28.3. The minimum absolute atomic E-state index is 0.653. The fourth-order valence-electron chi connectivity index (χ4n) is 6.04. The summed E-state index contributed by atoms with van der Waals surface area (Å²) in [7, 11) is 0. The van der Waals surface area contributed by atoms with E-state index < -0.39 is 23.5 Å². The lowest BCUT2D eigenvalue weighted by molar-refractivity contribution is -0.138. The van der Waals surface area contributed by atoms with E-state index in [4.69, 9.17) is 0 Å². The lowest BCUT2D eigenvalue weighted by Crippen LogP contribution is -2.03. The predicted octanol–water partition coefficient (Wildman–Crippen LogP) is 14.2. The highest BCUT2D eigenvalue weighted by molar-refractivity contribution is 7.28. The van der Waals surface area contributed by atoms with Crippen molar-refractivity contribution in [3.63, 3.8) is 0 Å². The number of fused-ring (bicyclic) bond motifs is 8. The predicted molar refractivity (Wildman–Crippen MR) is 184 cm³/mol. The molecule has 4 aromatic heterocycles. The summed E-state index contributed by atoms with van der Waals surface area (Å²) in [6.07, 6.45) is -8.72. The van der Waals surface area contributed by atoms with Gasteiger partial charge in [0.15, 0.2) is 0 Å². The van der Waals surface area contributed by atoms with Crippen LogP contribution in [-0.2, 0) is 12.4 Å². The van der Waals surface area contributed by atoms with Gasteiger partial charge in [-0.1, -0.05) is 24.3 Å². The summed E-state index contributed by atoms with van der Waals surface area (Å²) in [6, 6.07) is 28.0. The van der Waals surface area contributed by atoms with Crippen molar-refractivity contribution >= 4 is 106 Å². The first-order chi connectivity index (χ1) is 22.0. The number of hydrogen-bond acceptors (Lipinski definition) is 4. The van der Waals surface area contributed by atoms with Crippen molar-refractivity contribution in [2.45, 2.75) is 12.4 Å². The maximum absolute atomic E-state index is 13.0. The number of alkyl halides is 6. The van der Waals surface area contributed by atoms with Gasteiger partial charge in [0.2, 0.25) is 0 Å². The zero-order valence-electron chi connectivity index (χ0n) is 23.1. The number of rotatable bonds is 2. The van der Waals surface area contributed by atoms with Crippen LogP contribution in [0.5, 0.6) is 0 Å². The quantitative estimate of drug-likeness (QED) is 0.158. The number of benzene rings is 5. The molecule has 5 aromatic carbocycles. The van der Waals surface area contributed by atoms with Gasteiger partial charge in [0, 0.05) is 59.5 Å². The molecule has 0 aliphatic carbocycles. The number of thiophene rings is 4. The van der Waals surface area contributed by atoms with Gasteiger partial charge in [-0.25, -0.2) is 0 Å². The van der Waals surface area contributed by atoms with E-state index >= 15 is 0 Å². The Morgan fingerprint density at radius 2 is 0.696 bits per heavy atom. The molecule has 0 fully saturated rings. The molecule has 226 valence electrons. The summed E-state index contributed by atoms with van der Waals surface area (Å²) >= 11 is 6.61. The van der Waals surface area contributed by atoms with Gasteiger partial charge in [0.25, 0.3) is 0 Å². The van der Waals surface area contributed by atoms with Crippen molar-refractivity contribution < 1.29 is 26.3 Å². The third kappa shape index (κ3) is 4.53. The van der Waals surface area contributed by atoms with Crippen molar-refractivity contribution in [3.05, 3.63) is 108 Å². The molecule has 0 saturated carbocycles. The average Bonchev–Trinajstić information content (AvgIpc) is 3.79. The van der Waals surface area contributed by atoms with Crippen molar-refractivity contribution in [2.75, 3.05) is 0 Å². The fourth-order valence-corrected chi connectivity index (χ4v) is 10.7. The van der Waals surface area contributed by atoms with E-state index in [-0.39, 0.29) is 0 Å². The molecule has 0 unspecified atom stereocenters. The summed E-state index contributed by atoms with van der Waals surface area (Å²) < 4.78 is 85.1. The highest BCUT2D eigenvalue weighted by Crippen LogP contribution is 2.46. The van der Waals surface area contributed by atoms with Gasteiger partial charge in [-0.15, -0.1) is 45.3 Å². The van der Waals surface area contributed by atoms with E-state index in [0.717, 1.165) is 85.5 Å². The van der Waals surface area contributed by atoms with E-state index in [1.54, 1.807) is 45.3 Å². The van der Waals surface area contributed by atoms with Crippen molar-refractivity contribution in [1.82, 2.24) is 0 Å². The third-order valence-electron chi connectivity index (χ3n) is 8.33. The zero-order valence-corrected chi connectivity index (χ0v) is 26.4. The topological polar surface area (TPSA) is 0 Å². The molecule has 9 aromatic rings. The maximum atomic E-state index is 13.0. The van der Waals surface area contributed by atoms with Crippen LogP contribution in [0.3, 0.4) is 0 Å². The lowest BCUT2D eigenvalue weighted by Gasteiger charge is -2.06. The van der Waals surface area contributed by atoms with Crippen LogP contribution in [0.25, 0.3) is 81.4 Å². The van der Waals surface area contributed by atoms with E-state index in [2.05, 4.69) is 48.5 Å². The van der Waals surface area contributed by atoms with Gasteiger partial charge in [-0.3, -0.25) is 0 Å². The molecule has 0 bridgehead atoms. The minimum atomic E-state index is -4.36. The van der Waals surface area contributed by atoms with Crippen LogP contribution in [0.2, 0.25) is 0 Å². The molecule has 0 aliphatic rings. The first-order valence-electron chi connectivity index (χ1n) is 14.0. The number of hydrogen-bond donors (Lipinski definition) is 0. The molecular weight excluding hydrogens is 675 g/mol. The maximum Gasteiger partial charge on any atom is 0.416 e. The first-order valence-corrected chi connectivity index (χ1v) is 17.3. The van der Waals surface area contributed by atoms with Gasteiger partial charge < -0.3 is 0 Å². The third-order valence-corrected chi connectivity index (χ3v) is 12.9. The Morgan fingerprint density at radius 3 is 1.07 bits per heavy atom. The Kier molecular flexibility index (Phi) is 6.01. The molecule has 0 radical (unpaired) electrons. The Morgan fingerprint density at radius 1 is 0.348 bits per heavy atom. The van der Waals surface area contributed by atoms with Crippen LogP contribution in [0.1, 0.15) is 11.1 Å². The minimum Gasteiger partial charge on any atom is -0.166 e. The van der Waals surface area contributed by atoms with E-state index in [0.29, 0.717) is 0 Å². The molecule has 9 rings (SSSR count). The van der Waals surface area contributed by atoms with E-state index in [1.165, 1.54) is 44.4 Å². The standard InChI is InChI=1S/C36H16F6S4/c37-35(38,39)21-5-1-17(2-6-21)27-11-19-9-23-25-13-32-26(14-31(25)45-33(23)15-29(19)43-27)24-10-20-12-28(44-30(20)16-34(24)46-32)18-3-7-22(8-4-18)36(40,41)42/h1-16H. The summed E-state index contributed by atoms with van der Waals surface area (Å²) in [4.78, 5) is 1.86. The van der Waals surface area contributed by atoms with E-state index in [9.17, 15) is 26.3 Å². The van der Waals surface area contributed by atoms with Crippen molar-refractivity contribution in [3.8, 4) is 20.9 Å². The Hall–Kier alpha value is -3.96. The van der Waals surface area contributed by atoms with Crippen LogP contribution >= 0.6 is 45.3 Å². The SMILES string of the molecule is FC(F)(F)c1ccc(-c2cc3cc4c(cc3s2)sc2cc3c(cc24)sc2cc4sc(-c5ccc(C(F)(F)F)cc5)cc4cc23)cc1. The Labute approximate surface area is 272 Å². The van der Waals surface area contributed by atoms with Crippen molar-refractivity contribution in [1.29, 1.82) is 0 Å². The summed E-state index contributed by atoms with van der Waals surface area (Å²) in [5, 5.41) is 6.79. The average molecular weight is 691 g/mol. The molecule has 0 amide bonds. The molecule has 0 atom stereocenters. The van der Waals surface area contributed by atoms with Crippen LogP contribution in [-0.4, -0.2) is 0 Å². The molecule has 0 nitrogen and oxygen atoms in total. The number of halogens is 6. The highest BCUT2D eigenvalue weighted by Gasteiger charge is 2.31. The fraction of sp³-hybridized carbons (Fsp3) is 0.0556. The van der Waals surface area contributed by atoms with Crippen LogP contribution in [0, 0.1) is 0 Å². The Balaban J connectivity index is 1.11. The van der Waals surface area contributed by atoms with Crippen LogP contribution in [0.4, 0.5) is 26.3 Å². The van der Waals surface area contributed by atoms with E-state index in [1.807, 2.05) is 0 Å². The monoisotopic (exact) mass is 690 g/mol. The molecule has 0 spiro atoms. The van der Waals surface area contributed by atoms with Gasteiger partial charge in [0.05, 0.1) is 11.1 Å². The summed E-state index contributed by atoms with van der Waals surface area (Å²) in [5.41, 5.74) is 0.223. The van der Waals surface area contributed by atoms with Crippen molar-refractivity contribution in [2.24, 2.45) is 0 Å². The van der Waals surface area contributed by atoms with Gasteiger partial charge in [-0.2, -0.15) is 26.3 Å². The molecular formula is C36H16F6S4. The molecule has 46 heavy (non-hydrogen) atoms. The largest absolute Gasteiger partial charge is 0.416 e. The smallest absolute Gasteiger partial charge is 0.166 e. The Bertz CT molecular complexity index is 2460. The van der Waals surface area contributed by atoms with Gasteiger partial charge in [0.1, 0.15) is 0 Å². The summed E-state index contributed by atoms with van der Waals surface area (Å²) in [5.74, 6) is 0. The normalized spacial score (nSPS) is 13.0.